The van der Waals surface area contributed by atoms with Crippen LogP contribution in [0.25, 0.3) is 31.9 Å². The number of ether oxygens (including phenoxy) is 2. The Morgan fingerprint density at radius 1 is 0.875 bits per heavy atom. The van der Waals surface area contributed by atoms with Crippen LogP contribution >= 0.6 is 22.9 Å². The second-order valence-electron chi connectivity index (χ2n) is 15.9. The zero-order valence-electron chi connectivity index (χ0n) is 32.1. The number of fused-ring (bicyclic) bond motifs is 5. The molecule has 0 bridgehead atoms. The maximum Gasteiger partial charge on any atom is 0.415 e. The molecule has 2 aliphatic heterocycles. The number of carbonyl (C=O) groups is 4. The molecule has 3 aromatic heterocycles. The van der Waals surface area contributed by atoms with E-state index in [2.05, 4.69) is 20.2 Å². The van der Waals surface area contributed by atoms with Gasteiger partial charge in [0, 0.05) is 84.2 Å². The lowest BCUT2D eigenvalue weighted by Crippen LogP contribution is -2.48. The first kappa shape index (κ1) is 37.7. The number of likely N-dealkylation sites (N-methyl/N-ethyl adjacent to an activating group) is 1. The highest BCUT2D eigenvalue weighted by molar-refractivity contribution is 7.17. The molecular weight excluding hydrogens is 750 g/mol. The second-order valence-corrected chi connectivity index (χ2v) is 17.1. The standard InChI is InChI=1S/C43H44ClN5O6S/c1-24-23-56-40-36(54-42(53)48-12-10-47(5)11-13-48)20-34-39(38(24)40)29(21-44)22-49(34)41(52)33-19-28-14-25(6-8-31(28)46-33)16-35(50)32-18-27-15-26(7-9-30(27)45-32)17-37(51)55-43(2,3)4/h6-9,14-15,18-20,23,29,45-46H,10-13,16-17,21-22H2,1-5H3/t29-/m1/s1. The predicted octanol–water partition coefficient (Wildman–Crippen LogP) is 8.21. The second kappa shape index (κ2) is 14.7. The summed E-state index contributed by atoms with van der Waals surface area (Å²) in [5, 5.41) is 4.68. The van der Waals surface area contributed by atoms with Crippen LogP contribution < -0.4 is 9.64 Å². The van der Waals surface area contributed by atoms with Crippen LogP contribution in [-0.4, -0.2) is 94.8 Å². The lowest BCUT2D eigenvalue weighted by atomic mass is 9.97. The van der Waals surface area contributed by atoms with Gasteiger partial charge in [-0.25, -0.2) is 4.79 Å². The summed E-state index contributed by atoms with van der Waals surface area (Å²) in [4.78, 5) is 65.7. The van der Waals surface area contributed by atoms with Crippen molar-refractivity contribution in [2.24, 2.45) is 0 Å². The van der Waals surface area contributed by atoms with Crippen LogP contribution in [-0.2, 0) is 22.4 Å². The first-order valence-electron chi connectivity index (χ1n) is 18.8. The van der Waals surface area contributed by atoms with Crippen LogP contribution in [0.15, 0.2) is 60.0 Å². The Hall–Kier alpha value is -5.17. The Kier molecular flexibility index (Phi) is 9.92. The van der Waals surface area contributed by atoms with Crippen molar-refractivity contribution < 1.29 is 28.7 Å². The number of aryl methyl sites for hydroxylation is 1. The topological polar surface area (TPSA) is 128 Å². The van der Waals surface area contributed by atoms with Crippen LogP contribution in [0, 0.1) is 6.92 Å². The summed E-state index contributed by atoms with van der Waals surface area (Å²) in [7, 11) is 2.03. The Labute approximate surface area is 333 Å². The lowest BCUT2D eigenvalue weighted by molar-refractivity contribution is -0.153. The number of halogens is 1. The molecule has 0 unspecified atom stereocenters. The number of alkyl halides is 1. The van der Waals surface area contributed by atoms with Crippen molar-refractivity contribution in [1.82, 2.24) is 19.8 Å². The summed E-state index contributed by atoms with van der Waals surface area (Å²) in [5.41, 5.74) is 6.24. The third-order valence-electron chi connectivity index (χ3n) is 10.5. The Morgan fingerprint density at radius 2 is 1.52 bits per heavy atom. The third kappa shape index (κ3) is 7.40. The quantitative estimate of drug-likeness (QED) is 0.0904. The molecule has 0 radical (unpaired) electrons. The summed E-state index contributed by atoms with van der Waals surface area (Å²) in [6.45, 7) is 10.7. The molecule has 1 saturated heterocycles. The number of amides is 2. The van der Waals surface area contributed by atoms with Crippen molar-refractivity contribution in [3.8, 4) is 5.75 Å². The van der Waals surface area contributed by atoms with Crippen LogP contribution in [0.5, 0.6) is 5.75 Å². The van der Waals surface area contributed by atoms with Crippen molar-refractivity contribution >= 4 is 84.3 Å². The van der Waals surface area contributed by atoms with Gasteiger partial charge in [0.1, 0.15) is 11.3 Å². The minimum absolute atomic E-state index is 0.0824. The number of thiophene rings is 1. The number of ketones is 1. The van der Waals surface area contributed by atoms with Gasteiger partial charge < -0.3 is 34.1 Å². The zero-order valence-corrected chi connectivity index (χ0v) is 33.7. The summed E-state index contributed by atoms with van der Waals surface area (Å²) in [6, 6.07) is 16.8. The molecule has 11 nitrogen and oxygen atoms in total. The van der Waals surface area contributed by atoms with Crippen molar-refractivity contribution in [3.05, 3.63) is 93.6 Å². The number of aromatic nitrogens is 2. The number of H-pyrrole nitrogens is 2. The highest BCUT2D eigenvalue weighted by atomic mass is 35.5. The number of aromatic amines is 2. The fourth-order valence-electron chi connectivity index (χ4n) is 7.76. The molecule has 5 heterocycles. The number of carbonyl (C=O) groups excluding carboxylic acids is 4. The van der Waals surface area contributed by atoms with Crippen LogP contribution in [0.2, 0.25) is 0 Å². The number of hydrogen-bond donors (Lipinski definition) is 2. The summed E-state index contributed by atoms with van der Waals surface area (Å²) in [6.07, 6.45) is -0.0921. The van der Waals surface area contributed by atoms with Crippen molar-refractivity contribution in [2.75, 3.05) is 50.6 Å². The van der Waals surface area contributed by atoms with E-state index in [0.29, 0.717) is 48.3 Å². The number of benzene rings is 3. The number of piperazine rings is 1. The normalized spacial score (nSPS) is 16.2. The molecule has 1 fully saturated rings. The molecule has 2 N–H and O–H groups in total. The fourth-order valence-corrected chi connectivity index (χ4v) is 9.03. The minimum atomic E-state index is -0.561. The third-order valence-corrected chi connectivity index (χ3v) is 12.0. The van der Waals surface area contributed by atoms with Gasteiger partial charge in [-0.05, 0) is 98.8 Å². The summed E-state index contributed by atoms with van der Waals surface area (Å²) >= 11 is 8.09. The molecule has 8 rings (SSSR count). The van der Waals surface area contributed by atoms with Gasteiger partial charge in [-0.15, -0.1) is 22.9 Å². The molecule has 56 heavy (non-hydrogen) atoms. The molecule has 2 aliphatic rings. The first-order valence-corrected chi connectivity index (χ1v) is 20.2. The highest BCUT2D eigenvalue weighted by Gasteiger charge is 2.37. The smallest absolute Gasteiger partial charge is 0.415 e. The number of esters is 1. The van der Waals surface area contributed by atoms with E-state index in [-0.39, 0.29) is 36.4 Å². The number of hydrogen-bond acceptors (Lipinski definition) is 8. The van der Waals surface area contributed by atoms with Gasteiger partial charge in [-0.3, -0.25) is 14.4 Å². The molecule has 3 aromatic carbocycles. The van der Waals surface area contributed by atoms with E-state index in [1.165, 1.54) is 11.3 Å². The van der Waals surface area contributed by atoms with Gasteiger partial charge in [-0.2, -0.15) is 0 Å². The van der Waals surface area contributed by atoms with Gasteiger partial charge >= 0.3 is 12.1 Å². The summed E-state index contributed by atoms with van der Waals surface area (Å²) in [5.74, 6) is 0.0613. The largest absolute Gasteiger partial charge is 0.460 e. The van der Waals surface area contributed by atoms with Gasteiger partial charge in [0.25, 0.3) is 5.91 Å². The van der Waals surface area contributed by atoms with E-state index in [9.17, 15) is 19.2 Å². The van der Waals surface area contributed by atoms with Gasteiger partial charge in [0.15, 0.2) is 11.5 Å². The van der Waals surface area contributed by atoms with E-state index in [1.54, 1.807) is 9.80 Å². The Balaban J connectivity index is 1.02. The predicted molar refractivity (Wildman–Crippen MR) is 221 cm³/mol. The van der Waals surface area contributed by atoms with Gasteiger partial charge in [0.2, 0.25) is 0 Å². The minimum Gasteiger partial charge on any atom is -0.460 e. The summed E-state index contributed by atoms with van der Waals surface area (Å²) < 4.78 is 12.4. The molecule has 6 aromatic rings. The fraction of sp³-hybridized carbons (Fsp3) is 0.349. The number of anilines is 1. The van der Waals surface area contributed by atoms with Gasteiger partial charge in [0.05, 0.1) is 22.5 Å². The van der Waals surface area contributed by atoms with E-state index in [0.717, 1.165) is 67.2 Å². The maximum absolute atomic E-state index is 14.3. The number of Topliss-reactive ketones (excluding diaryl/α,β-unsaturated/α-hetero) is 1. The Morgan fingerprint density at radius 3 is 2.18 bits per heavy atom. The molecule has 0 saturated carbocycles. The lowest BCUT2D eigenvalue weighted by Gasteiger charge is -2.31. The average Bonchev–Trinajstić information content (AvgIpc) is 3.94. The van der Waals surface area contributed by atoms with Crippen molar-refractivity contribution in [1.29, 1.82) is 0 Å². The highest BCUT2D eigenvalue weighted by Crippen LogP contribution is 2.49. The monoisotopic (exact) mass is 793 g/mol. The van der Waals surface area contributed by atoms with Crippen LogP contribution in [0.1, 0.15) is 69.9 Å². The van der Waals surface area contributed by atoms with E-state index in [4.69, 9.17) is 21.1 Å². The number of nitrogens with one attached hydrogen (secondary N) is 2. The molecule has 1 atom stereocenters. The van der Waals surface area contributed by atoms with Crippen LogP contribution in [0.3, 0.4) is 0 Å². The number of rotatable bonds is 8. The molecule has 2 amide bonds. The SMILES string of the molecule is Cc1csc2c(OC(=O)N3CCN(C)CC3)cc3c(c12)[C@H](CCl)CN3C(=O)c1cc2cc(CC(=O)c3cc4cc(CC(=O)OC(C)(C)C)ccc4[nH]3)ccc2[nH]1. The average molecular weight is 794 g/mol. The molecule has 290 valence electrons. The first-order chi connectivity index (χ1) is 26.7. The molecule has 0 aliphatic carbocycles. The van der Waals surface area contributed by atoms with Crippen LogP contribution in [0.4, 0.5) is 10.5 Å². The Bertz CT molecular complexity index is 2540. The maximum atomic E-state index is 14.3. The van der Waals surface area contributed by atoms with E-state index < -0.39 is 11.7 Å². The van der Waals surface area contributed by atoms with Crippen molar-refractivity contribution in [2.45, 2.75) is 52.1 Å². The molecule has 13 heteroatoms. The molecule has 0 spiro atoms. The van der Waals surface area contributed by atoms with Gasteiger partial charge in [-0.1, -0.05) is 12.1 Å². The molecular formula is C43H44ClN5O6S. The number of nitrogens with zero attached hydrogens (tertiary/aromatic N) is 3. The van der Waals surface area contributed by atoms with E-state index in [1.807, 2.05) is 89.3 Å². The zero-order chi connectivity index (χ0) is 39.5. The van der Waals surface area contributed by atoms with Crippen molar-refractivity contribution in [3.63, 3.8) is 0 Å². The van der Waals surface area contributed by atoms with E-state index >= 15 is 0 Å².